The molecule has 1 N–H and O–H groups in total. The zero-order valence-corrected chi connectivity index (χ0v) is 10.9. The highest BCUT2D eigenvalue weighted by atomic mass is 16.5. The molecule has 0 saturated heterocycles. The van der Waals surface area contributed by atoms with Crippen LogP contribution < -0.4 is 0 Å². The van der Waals surface area contributed by atoms with Gasteiger partial charge in [0.2, 0.25) is 0 Å². The van der Waals surface area contributed by atoms with E-state index in [1.165, 1.54) is 25.7 Å². The van der Waals surface area contributed by atoms with Gasteiger partial charge in [-0.15, -0.1) is 0 Å². The van der Waals surface area contributed by atoms with Crippen LogP contribution in [-0.4, -0.2) is 24.9 Å². The van der Waals surface area contributed by atoms with Crippen LogP contribution in [0.4, 0.5) is 0 Å². The zero-order chi connectivity index (χ0) is 11.7. The molecule has 92 valence electrons. The van der Waals surface area contributed by atoms with E-state index in [0.717, 1.165) is 6.61 Å². The third kappa shape index (κ3) is 7.80. The van der Waals surface area contributed by atoms with Crippen molar-refractivity contribution in [3.8, 4) is 0 Å². The summed E-state index contributed by atoms with van der Waals surface area (Å²) in [5.74, 6) is 0.694. The van der Waals surface area contributed by atoms with Gasteiger partial charge < -0.3 is 9.84 Å². The summed E-state index contributed by atoms with van der Waals surface area (Å²) >= 11 is 0. The van der Waals surface area contributed by atoms with E-state index in [0.29, 0.717) is 12.5 Å². The Labute approximate surface area is 95.0 Å². The summed E-state index contributed by atoms with van der Waals surface area (Å²) in [4.78, 5) is 0. The van der Waals surface area contributed by atoms with E-state index in [1.807, 2.05) is 13.8 Å². The van der Waals surface area contributed by atoms with Gasteiger partial charge >= 0.3 is 0 Å². The first-order chi connectivity index (χ1) is 7.05. The highest BCUT2D eigenvalue weighted by Gasteiger charge is 2.17. The van der Waals surface area contributed by atoms with Gasteiger partial charge in [0.05, 0.1) is 13.2 Å². The van der Waals surface area contributed by atoms with E-state index in [4.69, 9.17) is 9.84 Å². The smallest absolute Gasteiger partial charge is 0.0539 e. The lowest BCUT2D eigenvalue weighted by molar-refractivity contribution is 0.0108. The third-order valence-electron chi connectivity index (χ3n) is 2.82. The van der Waals surface area contributed by atoms with E-state index in [2.05, 4.69) is 13.8 Å². The van der Waals surface area contributed by atoms with Crippen LogP contribution in [0.15, 0.2) is 0 Å². The summed E-state index contributed by atoms with van der Waals surface area (Å²) in [7, 11) is 0. The van der Waals surface area contributed by atoms with Crippen molar-refractivity contribution in [1.82, 2.24) is 0 Å². The van der Waals surface area contributed by atoms with Gasteiger partial charge in [-0.05, 0) is 12.3 Å². The van der Waals surface area contributed by atoms with Gasteiger partial charge in [-0.2, -0.15) is 0 Å². The molecule has 0 aromatic heterocycles. The summed E-state index contributed by atoms with van der Waals surface area (Å²) in [6, 6.07) is 0. The molecule has 15 heavy (non-hydrogen) atoms. The number of hydrogen-bond donors (Lipinski definition) is 1. The van der Waals surface area contributed by atoms with Gasteiger partial charge in [-0.3, -0.25) is 0 Å². The van der Waals surface area contributed by atoms with E-state index in [1.54, 1.807) is 0 Å². The fourth-order valence-electron chi connectivity index (χ4n) is 1.45. The van der Waals surface area contributed by atoms with Crippen LogP contribution in [0.2, 0.25) is 0 Å². The molecule has 0 aliphatic heterocycles. The Bertz CT molecular complexity index is 143. The maximum Gasteiger partial charge on any atom is 0.0539 e. The van der Waals surface area contributed by atoms with Gasteiger partial charge in [0, 0.05) is 12.0 Å². The zero-order valence-electron chi connectivity index (χ0n) is 10.9. The molecule has 2 heteroatoms. The van der Waals surface area contributed by atoms with E-state index in [-0.39, 0.29) is 12.0 Å². The second kappa shape index (κ2) is 8.12. The van der Waals surface area contributed by atoms with E-state index < -0.39 is 0 Å². The van der Waals surface area contributed by atoms with Crippen molar-refractivity contribution < 1.29 is 9.84 Å². The topological polar surface area (TPSA) is 29.5 Å². The summed E-state index contributed by atoms with van der Waals surface area (Å²) < 4.78 is 5.68. The minimum atomic E-state index is -0.0942. The predicted molar refractivity (Wildman–Crippen MR) is 65.0 cm³/mol. The standard InChI is InChI=1S/C13H28O2/c1-5-7-8-12(6-2)9-15-11-13(3,4)10-14/h12,14H,5-11H2,1-4H3. The molecular formula is C13H28O2. The van der Waals surface area contributed by atoms with Gasteiger partial charge in [0.15, 0.2) is 0 Å². The van der Waals surface area contributed by atoms with Crippen molar-refractivity contribution in [2.24, 2.45) is 11.3 Å². The second-order valence-corrected chi connectivity index (χ2v) is 5.25. The van der Waals surface area contributed by atoms with Gasteiger partial charge in [0.25, 0.3) is 0 Å². The van der Waals surface area contributed by atoms with Crippen molar-refractivity contribution in [1.29, 1.82) is 0 Å². The Balaban J connectivity index is 3.62. The number of unbranched alkanes of at least 4 members (excludes halogenated alkanes) is 1. The molecule has 0 radical (unpaired) electrons. The lowest BCUT2D eigenvalue weighted by Gasteiger charge is -2.23. The third-order valence-corrected chi connectivity index (χ3v) is 2.82. The van der Waals surface area contributed by atoms with Crippen LogP contribution in [0.3, 0.4) is 0 Å². The minimum Gasteiger partial charge on any atom is -0.396 e. The van der Waals surface area contributed by atoms with Crippen molar-refractivity contribution in [3.63, 3.8) is 0 Å². The molecule has 0 bridgehead atoms. The maximum atomic E-state index is 9.08. The Hall–Kier alpha value is -0.0800. The van der Waals surface area contributed by atoms with Crippen molar-refractivity contribution in [2.75, 3.05) is 19.8 Å². The van der Waals surface area contributed by atoms with E-state index >= 15 is 0 Å². The number of aliphatic hydroxyl groups is 1. The molecule has 0 aliphatic carbocycles. The van der Waals surface area contributed by atoms with Gasteiger partial charge in [-0.1, -0.05) is 47.0 Å². The number of aliphatic hydroxyl groups excluding tert-OH is 1. The van der Waals surface area contributed by atoms with Gasteiger partial charge in [0.1, 0.15) is 0 Å². The molecule has 0 fully saturated rings. The predicted octanol–water partition coefficient (Wildman–Crippen LogP) is 3.24. The SMILES string of the molecule is CCCCC(CC)COCC(C)(C)CO. The second-order valence-electron chi connectivity index (χ2n) is 5.25. The van der Waals surface area contributed by atoms with Crippen molar-refractivity contribution in [2.45, 2.75) is 53.4 Å². The molecule has 1 atom stereocenters. The van der Waals surface area contributed by atoms with Crippen LogP contribution in [0, 0.1) is 11.3 Å². The van der Waals surface area contributed by atoms with Crippen LogP contribution in [0.25, 0.3) is 0 Å². The van der Waals surface area contributed by atoms with Crippen LogP contribution in [-0.2, 0) is 4.74 Å². The quantitative estimate of drug-likeness (QED) is 0.641. The number of hydrogen-bond acceptors (Lipinski definition) is 2. The fourth-order valence-corrected chi connectivity index (χ4v) is 1.45. The molecule has 2 nitrogen and oxygen atoms in total. The molecule has 0 aromatic rings. The Morgan fingerprint density at radius 2 is 1.93 bits per heavy atom. The number of rotatable bonds is 9. The molecule has 0 saturated carbocycles. The molecular weight excluding hydrogens is 188 g/mol. The van der Waals surface area contributed by atoms with Crippen molar-refractivity contribution in [3.05, 3.63) is 0 Å². The molecule has 0 rings (SSSR count). The maximum absolute atomic E-state index is 9.08. The summed E-state index contributed by atoms with van der Waals surface area (Å²) in [5.41, 5.74) is -0.0942. The average molecular weight is 216 g/mol. The highest BCUT2D eigenvalue weighted by Crippen LogP contribution is 2.17. The molecule has 1 unspecified atom stereocenters. The summed E-state index contributed by atoms with van der Waals surface area (Å²) in [6.45, 7) is 10.2. The largest absolute Gasteiger partial charge is 0.396 e. The van der Waals surface area contributed by atoms with Crippen molar-refractivity contribution >= 4 is 0 Å². The Morgan fingerprint density at radius 3 is 2.40 bits per heavy atom. The first-order valence-electron chi connectivity index (χ1n) is 6.24. The Kier molecular flexibility index (Phi) is 8.07. The average Bonchev–Trinajstić information content (AvgIpc) is 2.23. The normalized spacial score (nSPS) is 14.2. The Morgan fingerprint density at radius 1 is 1.27 bits per heavy atom. The van der Waals surface area contributed by atoms with Gasteiger partial charge in [-0.25, -0.2) is 0 Å². The van der Waals surface area contributed by atoms with Crippen LogP contribution >= 0.6 is 0 Å². The lowest BCUT2D eigenvalue weighted by atomic mass is 9.96. The first kappa shape index (κ1) is 14.9. The fraction of sp³-hybridized carbons (Fsp3) is 1.00. The molecule has 0 aliphatic rings. The lowest BCUT2D eigenvalue weighted by Crippen LogP contribution is -2.25. The first-order valence-corrected chi connectivity index (χ1v) is 6.24. The summed E-state index contributed by atoms with van der Waals surface area (Å²) in [6.07, 6.45) is 5.02. The molecule has 0 amide bonds. The number of ether oxygens (including phenoxy) is 1. The monoisotopic (exact) mass is 216 g/mol. The van der Waals surface area contributed by atoms with Crippen LogP contribution in [0.1, 0.15) is 53.4 Å². The molecule has 0 aromatic carbocycles. The molecule has 0 heterocycles. The molecule has 0 spiro atoms. The van der Waals surface area contributed by atoms with E-state index in [9.17, 15) is 0 Å². The minimum absolute atomic E-state index is 0.0942. The highest BCUT2D eigenvalue weighted by molar-refractivity contribution is 4.66. The van der Waals surface area contributed by atoms with Crippen LogP contribution in [0.5, 0.6) is 0 Å². The summed E-state index contributed by atoms with van der Waals surface area (Å²) in [5, 5.41) is 9.08.